The number of hydrogen-bond donors (Lipinski definition) is 0. The van der Waals surface area contributed by atoms with E-state index >= 15 is 0 Å². The van der Waals surface area contributed by atoms with E-state index in [-0.39, 0.29) is 0 Å². The number of rotatable bonds is 2. The van der Waals surface area contributed by atoms with E-state index in [1.807, 2.05) is 48.6 Å². The van der Waals surface area contributed by atoms with Crippen LogP contribution in [0.3, 0.4) is 0 Å². The Bertz CT molecular complexity index is 713. The molecule has 3 rings (SSSR count). The van der Waals surface area contributed by atoms with Crippen molar-refractivity contribution in [1.82, 2.24) is 0 Å². The summed E-state index contributed by atoms with van der Waals surface area (Å²) in [6, 6.07) is 20.5. The molecule has 1 heterocycles. The molecule has 0 saturated heterocycles. The number of benzene rings is 2. The quantitative estimate of drug-likeness (QED) is 0.672. The van der Waals surface area contributed by atoms with Gasteiger partial charge in [0, 0.05) is 0 Å². The predicted octanol–water partition coefficient (Wildman–Crippen LogP) is 4.78. The van der Waals surface area contributed by atoms with Crippen molar-refractivity contribution in [3.63, 3.8) is 0 Å². The summed E-state index contributed by atoms with van der Waals surface area (Å²) in [6.45, 7) is 0. The van der Waals surface area contributed by atoms with Gasteiger partial charge in [-0.05, 0) is 0 Å². The van der Waals surface area contributed by atoms with Crippen molar-refractivity contribution in [2.75, 3.05) is 0 Å². The fourth-order valence-corrected chi connectivity index (χ4v) is 6.90. The van der Waals surface area contributed by atoms with E-state index in [9.17, 15) is 0 Å². The monoisotopic (exact) mass is 366 g/mol. The number of hydrogen-bond acceptors (Lipinski definition) is 0. The van der Waals surface area contributed by atoms with Crippen LogP contribution in [0.2, 0.25) is 0 Å². The predicted molar refractivity (Wildman–Crippen MR) is 90.5 cm³/mol. The average Bonchev–Trinajstić information content (AvgIpc) is 2.51. The van der Waals surface area contributed by atoms with Crippen LogP contribution in [0.25, 0.3) is 4.47 Å². The molecule has 0 amide bonds. The zero-order valence-corrected chi connectivity index (χ0v) is 13.8. The van der Waals surface area contributed by atoms with Crippen molar-refractivity contribution in [2.45, 2.75) is 0 Å². The number of allylic oxidation sites excluding steroid dienone is 3. The first-order chi connectivity index (χ1) is 9.75. The van der Waals surface area contributed by atoms with E-state index < -0.39 is 12.6 Å². The Morgan fingerprint density at radius 1 is 0.700 bits per heavy atom. The van der Waals surface area contributed by atoms with Crippen LogP contribution >= 0.6 is 21.7 Å². The summed E-state index contributed by atoms with van der Waals surface area (Å²) in [5, 5.41) is 0.739. The van der Waals surface area contributed by atoms with Gasteiger partial charge < -0.3 is 0 Å². The molecule has 0 aromatic heterocycles. The van der Waals surface area contributed by atoms with Crippen molar-refractivity contribution >= 4 is 43.1 Å². The third-order valence-corrected chi connectivity index (χ3v) is 8.09. The second-order valence-electron chi connectivity index (χ2n) is 4.39. The number of halogens is 2. The van der Waals surface area contributed by atoms with Crippen LogP contribution in [0.1, 0.15) is 11.1 Å². The molecule has 1 aliphatic heterocycles. The first-order valence-corrected chi connectivity index (χ1v) is 10.6. The van der Waals surface area contributed by atoms with Crippen molar-refractivity contribution < 1.29 is 0 Å². The van der Waals surface area contributed by atoms with E-state index in [0.717, 1.165) is 16.2 Å². The molecule has 0 aliphatic carbocycles. The fourth-order valence-electron chi connectivity index (χ4n) is 2.09. The van der Waals surface area contributed by atoms with E-state index in [4.69, 9.17) is 21.7 Å². The Hall–Kier alpha value is -1.11. The second kappa shape index (κ2) is 6.11. The van der Waals surface area contributed by atoms with E-state index in [0.29, 0.717) is 0 Å². The maximum absolute atomic E-state index is 6.80. The third kappa shape index (κ3) is 2.82. The maximum atomic E-state index is 6.80. The van der Waals surface area contributed by atoms with Gasteiger partial charge in [-0.1, -0.05) is 0 Å². The van der Waals surface area contributed by atoms with Gasteiger partial charge in [-0.2, -0.15) is 0 Å². The van der Waals surface area contributed by atoms with Gasteiger partial charge in [-0.25, -0.2) is 0 Å². The molecule has 20 heavy (non-hydrogen) atoms. The van der Waals surface area contributed by atoms with Crippen molar-refractivity contribution in [3.05, 3.63) is 89.0 Å². The van der Waals surface area contributed by atoms with E-state index in [1.54, 1.807) is 0 Å². The van der Waals surface area contributed by atoms with Crippen LogP contribution < -0.4 is 0 Å². The van der Waals surface area contributed by atoms with Crippen LogP contribution in [0, 0.1) is 0 Å². The fraction of sp³-hybridized carbons (Fsp3) is 0. The molecule has 3 heteroatoms. The Labute approximate surface area is 132 Å². The Morgan fingerprint density at radius 2 is 1.25 bits per heavy atom. The minimum atomic E-state index is -1.57. The third-order valence-electron chi connectivity index (χ3n) is 3.04. The van der Waals surface area contributed by atoms with Gasteiger partial charge in [-0.3, -0.25) is 0 Å². The first kappa shape index (κ1) is 13.9. The van der Waals surface area contributed by atoms with E-state index in [1.165, 1.54) is 8.89 Å². The van der Waals surface area contributed by atoms with Gasteiger partial charge in [0.2, 0.25) is 0 Å². The topological polar surface area (TPSA) is 0 Å². The summed E-state index contributed by atoms with van der Waals surface area (Å²) >= 11 is 4.72. The molecule has 1 atom stereocenters. The van der Waals surface area contributed by atoms with Crippen LogP contribution in [0.15, 0.2) is 77.8 Å². The van der Waals surface area contributed by atoms with Crippen molar-refractivity contribution in [2.24, 2.45) is 0 Å². The second-order valence-corrected chi connectivity index (χ2v) is 9.35. The zero-order valence-electron chi connectivity index (χ0n) is 10.6. The molecule has 0 N–H and O–H groups in total. The molecule has 0 bridgehead atoms. The first-order valence-electron chi connectivity index (χ1n) is 6.23. The van der Waals surface area contributed by atoms with Crippen molar-refractivity contribution in [1.29, 1.82) is 0 Å². The molecule has 0 nitrogen and oxygen atoms in total. The van der Waals surface area contributed by atoms with Crippen molar-refractivity contribution in [3.8, 4) is 0 Å². The SMILES string of the molecule is ClC1=CC(c2ccccc2)=[Se](Cl)C(c2ccccc2)=C1. The summed E-state index contributed by atoms with van der Waals surface area (Å²) in [5.41, 5.74) is 2.32. The molecule has 0 radical (unpaired) electrons. The summed E-state index contributed by atoms with van der Waals surface area (Å²) in [7, 11) is 6.80. The van der Waals surface area contributed by atoms with E-state index in [2.05, 4.69) is 24.3 Å². The Morgan fingerprint density at radius 3 is 1.85 bits per heavy atom. The van der Waals surface area contributed by atoms with Crippen LogP contribution in [0.5, 0.6) is 0 Å². The molecule has 2 aromatic rings. The minimum absolute atomic E-state index is 0.739. The van der Waals surface area contributed by atoms with Crippen LogP contribution in [-0.4, -0.2) is 17.0 Å². The molecule has 1 unspecified atom stereocenters. The van der Waals surface area contributed by atoms with Gasteiger partial charge in [0.1, 0.15) is 0 Å². The molecule has 0 saturated carbocycles. The standard InChI is InChI=1S/C17H12Cl2Se/c18-15-11-16(13-7-3-1-4-8-13)20(19)17(12-15)14-9-5-2-6-10-14/h1-12H. The molecule has 100 valence electrons. The summed E-state index contributed by atoms with van der Waals surface area (Å²) in [4.78, 5) is 0. The van der Waals surface area contributed by atoms with Gasteiger partial charge in [0.05, 0.1) is 0 Å². The molecular formula is C17H12Cl2Se. The molecule has 0 fully saturated rings. The van der Waals surface area contributed by atoms with Gasteiger partial charge in [-0.15, -0.1) is 0 Å². The summed E-state index contributed by atoms with van der Waals surface area (Å²) in [5.74, 6) is 0. The van der Waals surface area contributed by atoms with Crippen LogP contribution in [-0.2, 0) is 0 Å². The Kier molecular flexibility index (Phi) is 4.24. The Balaban J connectivity index is 2.14. The molecular weight excluding hydrogens is 354 g/mol. The molecule has 1 aliphatic rings. The zero-order chi connectivity index (χ0) is 13.9. The van der Waals surface area contributed by atoms with Gasteiger partial charge in [0.15, 0.2) is 0 Å². The van der Waals surface area contributed by atoms with Gasteiger partial charge in [0.25, 0.3) is 0 Å². The molecule has 2 aromatic carbocycles. The molecule has 0 spiro atoms. The summed E-state index contributed by atoms with van der Waals surface area (Å²) < 4.78 is 2.33. The summed E-state index contributed by atoms with van der Waals surface area (Å²) in [6.07, 6.45) is 4.00. The van der Waals surface area contributed by atoms with Crippen LogP contribution in [0.4, 0.5) is 0 Å². The average molecular weight is 366 g/mol. The van der Waals surface area contributed by atoms with Gasteiger partial charge >= 0.3 is 132 Å². The normalized spacial score (nSPS) is 18.5.